The summed E-state index contributed by atoms with van der Waals surface area (Å²) in [6.07, 6.45) is 0.515. The van der Waals surface area contributed by atoms with E-state index in [0.717, 1.165) is 6.07 Å². The molecule has 33 heavy (non-hydrogen) atoms. The zero-order valence-electron chi connectivity index (χ0n) is 17.6. The fourth-order valence-corrected chi connectivity index (χ4v) is 3.32. The van der Waals surface area contributed by atoms with E-state index < -0.39 is 11.9 Å². The number of carbonyl (C=O) groups is 1. The lowest BCUT2D eigenvalue weighted by Crippen LogP contribution is -2.33. The fourth-order valence-electron chi connectivity index (χ4n) is 3.32. The molecule has 11 heteroatoms. The lowest BCUT2D eigenvalue weighted by atomic mass is 10.1. The number of para-hydroxylation sites is 1. The molecule has 4 rings (SSSR count). The van der Waals surface area contributed by atoms with Crippen LogP contribution in [0.15, 0.2) is 67.1 Å². The number of carbonyl (C=O) groups excluding carboxylic acids is 1. The largest absolute Gasteiger partial charge is 0.433 e. The van der Waals surface area contributed by atoms with Gasteiger partial charge in [0.15, 0.2) is 5.82 Å². The lowest BCUT2D eigenvalue weighted by Gasteiger charge is -2.21. The minimum atomic E-state index is -4.53. The van der Waals surface area contributed by atoms with Gasteiger partial charge in [0, 0.05) is 25.7 Å². The normalized spacial score (nSPS) is 11.5. The third kappa shape index (κ3) is 4.92. The molecule has 8 nitrogen and oxygen atoms in total. The number of aromatic nitrogens is 6. The second-order valence-corrected chi connectivity index (χ2v) is 7.10. The van der Waals surface area contributed by atoms with Crippen LogP contribution in [-0.2, 0) is 12.6 Å². The predicted octanol–water partition coefficient (Wildman–Crippen LogP) is 3.57. The summed E-state index contributed by atoms with van der Waals surface area (Å²) in [4.78, 5) is 19.9. The van der Waals surface area contributed by atoms with Gasteiger partial charge in [-0.1, -0.05) is 18.2 Å². The van der Waals surface area contributed by atoms with E-state index in [1.54, 1.807) is 41.4 Å². The molecule has 0 aliphatic heterocycles. The second-order valence-electron chi connectivity index (χ2n) is 7.10. The van der Waals surface area contributed by atoms with Gasteiger partial charge in [-0.15, -0.1) is 0 Å². The SMILES string of the molecule is CCN(CCc1ccn(-c2cccc(C(F)(F)F)n2)n1)C(=O)c1ccccc1-n1nccn1. The van der Waals surface area contributed by atoms with Gasteiger partial charge in [-0.3, -0.25) is 4.79 Å². The van der Waals surface area contributed by atoms with E-state index in [-0.39, 0.29) is 11.7 Å². The minimum Gasteiger partial charge on any atom is -0.338 e. The van der Waals surface area contributed by atoms with Crippen molar-refractivity contribution in [1.82, 2.24) is 34.7 Å². The van der Waals surface area contributed by atoms with Gasteiger partial charge >= 0.3 is 6.18 Å². The summed E-state index contributed by atoms with van der Waals surface area (Å²) in [5.41, 5.74) is 0.688. The first kappa shape index (κ1) is 22.2. The average molecular weight is 455 g/mol. The number of hydrogen-bond acceptors (Lipinski definition) is 5. The van der Waals surface area contributed by atoms with E-state index in [9.17, 15) is 18.0 Å². The standard InChI is InChI=1S/C22H20F3N7O/c1-2-30(21(33)17-6-3-4-7-18(17)32-26-12-13-27-32)14-10-16-11-15-31(29-16)20-9-5-8-19(28-20)22(23,24)25/h3-9,11-13,15H,2,10,14H2,1H3. The van der Waals surface area contributed by atoms with Crippen LogP contribution in [0.3, 0.4) is 0 Å². The third-order valence-electron chi connectivity index (χ3n) is 4.98. The van der Waals surface area contributed by atoms with E-state index in [1.807, 2.05) is 6.92 Å². The molecule has 3 heterocycles. The zero-order valence-corrected chi connectivity index (χ0v) is 17.6. The highest BCUT2D eigenvalue weighted by Crippen LogP contribution is 2.27. The van der Waals surface area contributed by atoms with Crippen molar-refractivity contribution in [3.63, 3.8) is 0 Å². The molecule has 3 aromatic heterocycles. The summed E-state index contributed by atoms with van der Waals surface area (Å²) in [5, 5.41) is 12.5. The summed E-state index contributed by atoms with van der Waals surface area (Å²) in [6.45, 7) is 2.72. The van der Waals surface area contributed by atoms with E-state index in [2.05, 4.69) is 20.3 Å². The van der Waals surface area contributed by atoms with Crippen molar-refractivity contribution in [3.8, 4) is 11.5 Å². The molecule has 0 unspecified atom stereocenters. The smallest absolute Gasteiger partial charge is 0.338 e. The van der Waals surface area contributed by atoms with Crippen molar-refractivity contribution < 1.29 is 18.0 Å². The monoisotopic (exact) mass is 455 g/mol. The van der Waals surface area contributed by atoms with E-state index in [0.29, 0.717) is 36.5 Å². The molecule has 0 N–H and O–H groups in total. The molecule has 0 radical (unpaired) electrons. The molecular weight excluding hydrogens is 435 g/mol. The van der Waals surface area contributed by atoms with Crippen molar-refractivity contribution >= 4 is 5.91 Å². The Hall–Kier alpha value is -4.02. The molecule has 4 aromatic rings. The molecule has 1 amide bonds. The molecule has 0 aliphatic carbocycles. The zero-order chi connectivity index (χ0) is 23.4. The molecule has 0 atom stereocenters. The topological polar surface area (TPSA) is 81.7 Å². The Kier molecular flexibility index (Phi) is 6.20. The third-order valence-corrected chi connectivity index (χ3v) is 4.98. The Morgan fingerprint density at radius 3 is 2.52 bits per heavy atom. The molecule has 0 bridgehead atoms. The molecule has 1 aromatic carbocycles. The maximum absolute atomic E-state index is 13.2. The average Bonchev–Trinajstić information content (AvgIpc) is 3.51. The highest BCUT2D eigenvalue weighted by atomic mass is 19.4. The van der Waals surface area contributed by atoms with Crippen molar-refractivity contribution in [1.29, 1.82) is 0 Å². The van der Waals surface area contributed by atoms with Crippen LogP contribution in [0.5, 0.6) is 0 Å². The number of likely N-dealkylation sites (N-methyl/N-ethyl adjacent to an activating group) is 1. The summed E-state index contributed by atoms with van der Waals surface area (Å²) in [5.74, 6) is -0.107. The first-order valence-electron chi connectivity index (χ1n) is 10.2. The highest BCUT2D eigenvalue weighted by Gasteiger charge is 2.32. The first-order chi connectivity index (χ1) is 15.9. The van der Waals surface area contributed by atoms with Crippen molar-refractivity contribution in [3.05, 3.63) is 84.1 Å². The summed E-state index contributed by atoms with van der Waals surface area (Å²) in [7, 11) is 0. The van der Waals surface area contributed by atoms with Gasteiger partial charge in [0.25, 0.3) is 5.91 Å². The van der Waals surface area contributed by atoms with Crippen LogP contribution in [0.2, 0.25) is 0 Å². The fraction of sp³-hybridized carbons (Fsp3) is 0.227. The number of benzene rings is 1. The summed E-state index contributed by atoms with van der Waals surface area (Å²) < 4.78 is 40.1. The number of alkyl halides is 3. The van der Waals surface area contributed by atoms with Crippen LogP contribution >= 0.6 is 0 Å². The highest BCUT2D eigenvalue weighted by molar-refractivity contribution is 5.97. The predicted molar refractivity (Wildman–Crippen MR) is 113 cm³/mol. The molecule has 0 saturated carbocycles. The first-order valence-corrected chi connectivity index (χ1v) is 10.2. The molecule has 0 fully saturated rings. The Morgan fingerprint density at radius 1 is 1.03 bits per heavy atom. The number of rotatable bonds is 7. The van der Waals surface area contributed by atoms with Gasteiger partial charge in [0.05, 0.1) is 29.3 Å². The Labute approximate surface area is 187 Å². The van der Waals surface area contributed by atoms with E-state index >= 15 is 0 Å². The van der Waals surface area contributed by atoms with Crippen LogP contribution in [0.1, 0.15) is 28.7 Å². The van der Waals surface area contributed by atoms with Gasteiger partial charge in [-0.05, 0) is 37.3 Å². The van der Waals surface area contributed by atoms with Crippen LogP contribution < -0.4 is 0 Å². The van der Waals surface area contributed by atoms with Crippen LogP contribution in [0.25, 0.3) is 11.5 Å². The van der Waals surface area contributed by atoms with Crippen molar-refractivity contribution in [2.45, 2.75) is 19.5 Å². The summed E-state index contributed by atoms with van der Waals surface area (Å²) >= 11 is 0. The minimum absolute atomic E-state index is 0.0696. The van der Waals surface area contributed by atoms with Gasteiger partial charge in [-0.2, -0.15) is 33.3 Å². The number of pyridine rings is 1. The van der Waals surface area contributed by atoms with Gasteiger partial charge in [0.1, 0.15) is 5.69 Å². The van der Waals surface area contributed by atoms with Crippen molar-refractivity contribution in [2.75, 3.05) is 13.1 Å². The van der Waals surface area contributed by atoms with Gasteiger partial charge in [-0.25, -0.2) is 9.67 Å². The maximum Gasteiger partial charge on any atom is 0.433 e. The van der Waals surface area contributed by atoms with Crippen molar-refractivity contribution in [2.24, 2.45) is 0 Å². The van der Waals surface area contributed by atoms with Crippen LogP contribution in [0.4, 0.5) is 13.2 Å². The Bertz CT molecular complexity index is 1230. The molecule has 0 aliphatic rings. The number of nitrogens with zero attached hydrogens (tertiary/aromatic N) is 7. The Morgan fingerprint density at radius 2 is 1.79 bits per heavy atom. The van der Waals surface area contributed by atoms with Crippen LogP contribution in [0, 0.1) is 0 Å². The van der Waals surface area contributed by atoms with E-state index in [4.69, 9.17) is 0 Å². The maximum atomic E-state index is 13.2. The lowest BCUT2D eigenvalue weighted by molar-refractivity contribution is -0.141. The molecular formula is C22H20F3N7O. The second kappa shape index (κ2) is 9.23. The number of halogens is 3. The molecule has 0 spiro atoms. The quantitative estimate of drug-likeness (QED) is 0.426. The molecule has 0 saturated heterocycles. The number of amides is 1. The number of hydrogen-bond donors (Lipinski definition) is 0. The Balaban J connectivity index is 1.48. The van der Waals surface area contributed by atoms with Gasteiger partial charge < -0.3 is 4.90 Å². The van der Waals surface area contributed by atoms with Gasteiger partial charge in [0.2, 0.25) is 0 Å². The van der Waals surface area contributed by atoms with Crippen LogP contribution in [-0.4, -0.2) is 53.7 Å². The summed E-state index contributed by atoms with van der Waals surface area (Å²) in [6, 6.07) is 12.4. The molecule has 170 valence electrons. The van der Waals surface area contributed by atoms with E-state index in [1.165, 1.54) is 34.0 Å².